The molecular weight excluding hydrogens is 296 g/mol. The van der Waals surface area contributed by atoms with Crippen LogP contribution in [0.5, 0.6) is 11.5 Å². The fourth-order valence-electron chi connectivity index (χ4n) is 2.36. The first-order valence-corrected chi connectivity index (χ1v) is 7.44. The van der Waals surface area contributed by atoms with E-state index in [4.69, 9.17) is 13.9 Å². The van der Waals surface area contributed by atoms with Crippen molar-refractivity contribution in [3.05, 3.63) is 41.1 Å². The Labute approximate surface area is 135 Å². The second-order valence-electron chi connectivity index (χ2n) is 5.20. The van der Waals surface area contributed by atoms with Gasteiger partial charge in [0, 0.05) is 13.5 Å². The molecule has 0 aliphatic heterocycles. The van der Waals surface area contributed by atoms with E-state index in [1.165, 1.54) is 0 Å². The molecule has 0 atom stereocenters. The largest absolute Gasteiger partial charge is 0.497 e. The van der Waals surface area contributed by atoms with Crippen LogP contribution in [0.15, 0.2) is 22.6 Å². The van der Waals surface area contributed by atoms with Crippen LogP contribution in [0.25, 0.3) is 0 Å². The van der Waals surface area contributed by atoms with Gasteiger partial charge >= 0.3 is 0 Å². The first-order valence-electron chi connectivity index (χ1n) is 7.44. The number of hydrogen-bond acceptors (Lipinski definition) is 5. The first kappa shape index (κ1) is 16.9. The van der Waals surface area contributed by atoms with Gasteiger partial charge in [-0.15, -0.1) is 0 Å². The zero-order valence-corrected chi connectivity index (χ0v) is 13.9. The van der Waals surface area contributed by atoms with Crippen molar-refractivity contribution in [1.82, 2.24) is 10.3 Å². The summed E-state index contributed by atoms with van der Waals surface area (Å²) in [5, 5.41) is 2.88. The second-order valence-corrected chi connectivity index (χ2v) is 5.20. The van der Waals surface area contributed by atoms with Crippen molar-refractivity contribution in [1.29, 1.82) is 0 Å². The number of aryl methyl sites for hydroxylation is 2. The Bertz CT molecular complexity index is 679. The Balaban J connectivity index is 1.89. The monoisotopic (exact) mass is 318 g/mol. The molecule has 0 radical (unpaired) electrons. The maximum atomic E-state index is 12.0. The Morgan fingerprint density at radius 2 is 2.04 bits per heavy atom. The van der Waals surface area contributed by atoms with Gasteiger partial charge in [0.2, 0.25) is 5.91 Å². The van der Waals surface area contributed by atoms with E-state index in [1.807, 2.05) is 25.1 Å². The van der Waals surface area contributed by atoms with Crippen LogP contribution < -0.4 is 14.8 Å². The highest BCUT2D eigenvalue weighted by Gasteiger charge is 2.12. The third-order valence-electron chi connectivity index (χ3n) is 3.52. The summed E-state index contributed by atoms with van der Waals surface area (Å²) in [5.74, 6) is 2.64. The maximum Gasteiger partial charge on any atom is 0.227 e. The van der Waals surface area contributed by atoms with Gasteiger partial charge in [0.25, 0.3) is 0 Å². The van der Waals surface area contributed by atoms with Gasteiger partial charge in [-0.05, 0) is 37.1 Å². The van der Waals surface area contributed by atoms with Gasteiger partial charge in [-0.3, -0.25) is 4.79 Å². The second kappa shape index (κ2) is 7.67. The predicted octanol–water partition coefficient (Wildman–Crippen LogP) is 2.21. The van der Waals surface area contributed by atoms with Crippen LogP contribution in [-0.2, 0) is 17.6 Å². The molecule has 124 valence electrons. The van der Waals surface area contributed by atoms with Gasteiger partial charge in [-0.25, -0.2) is 4.98 Å². The van der Waals surface area contributed by atoms with E-state index in [2.05, 4.69) is 10.3 Å². The van der Waals surface area contributed by atoms with Crippen LogP contribution in [-0.4, -0.2) is 31.7 Å². The van der Waals surface area contributed by atoms with Crippen LogP contribution >= 0.6 is 0 Å². The van der Waals surface area contributed by atoms with Crippen molar-refractivity contribution >= 4 is 5.91 Å². The summed E-state index contributed by atoms with van der Waals surface area (Å²) in [6.45, 7) is 4.11. The quantitative estimate of drug-likeness (QED) is 0.847. The number of rotatable bonds is 7. The number of nitrogens with one attached hydrogen (secondary N) is 1. The number of benzene rings is 1. The lowest BCUT2D eigenvalue weighted by Gasteiger charge is -2.11. The Morgan fingerprint density at radius 1 is 1.26 bits per heavy atom. The molecule has 6 heteroatoms. The molecule has 2 aromatic rings. The van der Waals surface area contributed by atoms with E-state index in [0.717, 1.165) is 22.8 Å². The third-order valence-corrected chi connectivity index (χ3v) is 3.52. The molecule has 6 nitrogen and oxygen atoms in total. The van der Waals surface area contributed by atoms with Crippen molar-refractivity contribution in [2.45, 2.75) is 26.7 Å². The number of oxazole rings is 1. The van der Waals surface area contributed by atoms with Gasteiger partial charge in [-0.2, -0.15) is 0 Å². The van der Waals surface area contributed by atoms with Crippen LogP contribution in [0.4, 0.5) is 0 Å². The number of ether oxygens (including phenoxy) is 2. The molecule has 1 N–H and O–H groups in total. The molecule has 23 heavy (non-hydrogen) atoms. The normalized spacial score (nSPS) is 10.4. The molecule has 1 heterocycles. The van der Waals surface area contributed by atoms with Crippen molar-refractivity contribution < 1.29 is 18.7 Å². The lowest BCUT2D eigenvalue weighted by Crippen LogP contribution is -2.27. The highest BCUT2D eigenvalue weighted by Crippen LogP contribution is 2.24. The summed E-state index contributed by atoms with van der Waals surface area (Å²) in [6.07, 6.45) is 0.850. The van der Waals surface area contributed by atoms with E-state index in [1.54, 1.807) is 21.1 Å². The van der Waals surface area contributed by atoms with E-state index in [9.17, 15) is 4.79 Å². The molecule has 1 amide bonds. The smallest absolute Gasteiger partial charge is 0.227 e. The molecule has 0 saturated heterocycles. The van der Waals surface area contributed by atoms with Crippen LogP contribution in [0.1, 0.15) is 22.9 Å². The molecule has 0 aliphatic rings. The maximum absolute atomic E-state index is 12.0. The SMILES string of the molecule is COc1ccc(OC)c(CCNC(=O)Cc2oc(C)nc2C)c1. The van der Waals surface area contributed by atoms with Gasteiger partial charge in [-0.1, -0.05) is 0 Å². The predicted molar refractivity (Wildman–Crippen MR) is 85.9 cm³/mol. The van der Waals surface area contributed by atoms with Crippen molar-refractivity contribution in [3.8, 4) is 11.5 Å². The topological polar surface area (TPSA) is 73.6 Å². The van der Waals surface area contributed by atoms with E-state index in [-0.39, 0.29) is 12.3 Å². The number of hydrogen-bond donors (Lipinski definition) is 1. The van der Waals surface area contributed by atoms with Gasteiger partial charge < -0.3 is 19.2 Å². The van der Waals surface area contributed by atoms with Crippen molar-refractivity contribution in [2.75, 3.05) is 20.8 Å². The van der Waals surface area contributed by atoms with Crippen LogP contribution in [0.3, 0.4) is 0 Å². The molecule has 2 rings (SSSR count). The molecule has 1 aromatic carbocycles. The van der Waals surface area contributed by atoms with E-state index < -0.39 is 0 Å². The zero-order valence-electron chi connectivity index (χ0n) is 13.9. The number of carbonyl (C=O) groups is 1. The summed E-state index contributed by atoms with van der Waals surface area (Å²) in [7, 11) is 3.24. The highest BCUT2D eigenvalue weighted by atomic mass is 16.5. The summed E-state index contributed by atoms with van der Waals surface area (Å²) < 4.78 is 15.9. The molecule has 0 unspecified atom stereocenters. The fourth-order valence-corrected chi connectivity index (χ4v) is 2.36. The molecule has 0 aliphatic carbocycles. The number of aromatic nitrogens is 1. The number of carbonyl (C=O) groups excluding carboxylic acids is 1. The summed E-state index contributed by atoms with van der Waals surface area (Å²) >= 11 is 0. The molecular formula is C17H22N2O4. The van der Waals surface area contributed by atoms with Crippen molar-refractivity contribution in [3.63, 3.8) is 0 Å². The Morgan fingerprint density at radius 3 is 2.65 bits per heavy atom. The molecule has 0 fully saturated rings. The van der Waals surface area contributed by atoms with Crippen LogP contribution in [0.2, 0.25) is 0 Å². The van der Waals surface area contributed by atoms with Crippen molar-refractivity contribution in [2.24, 2.45) is 0 Å². The van der Waals surface area contributed by atoms with E-state index >= 15 is 0 Å². The first-order chi connectivity index (χ1) is 11.0. The van der Waals surface area contributed by atoms with Gasteiger partial charge in [0.15, 0.2) is 5.89 Å². The standard InChI is InChI=1S/C17H22N2O4/c1-11-16(23-12(2)19-11)10-17(20)18-8-7-13-9-14(21-3)5-6-15(13)22-4/h5-6,9H,7-8,10H2,1-4H3,(H,18,20). The van der Waals surface area contributed by atoms with Gasteiger partial charge in [0.05, 0.1) is 26.3 Å². The lowest BCUT2D eigenvalue weighted by molar-refractivity contribution is -0.120. The Kier molecular flexibility index (Phi) is 5.62. The number of nitrogens with zero attached hydrogens (tertiary/aromatic N) is 1. The van der Waals surface area contributed by atoms with Gasteiger partial charge in [0.1, 0.15) is 17.3 Å². The average Bonchev–Trinajstić information content (AvgIpc) is 2.84. The minimum atomic E-state index is -0.0916. The highest BCUT2D eigenvalue weighted by molar-refractivity contribution is 5.78. The molecule has 1 aromatic heterocycles. The van der Waals surface area contributed by atoms with Crippen LogP contribution in [0, 0.1) is 13.8 Å². The third kappa shape index (κ3) is 4.48. The Hall–Kier alpha value is -2.50. The lowest BCUT2D eigenvalue weighted by atomic mass is 10.1. The summed E-state index contributed by atoms with van der Waals surface area (Å²) in [5.41, 5.74) is 1.74. The molecule has 0 spiro atoms. The zero-order chi connectivity index (χ0) is 16.8. The minimum Gasteiger partial charge on any atom is -0.497 e. The summed E-state index contributed by atoms with van der Waals surface area (Å²) in [4.78, 5) is 16.1. The fraction of sp³-hybridized carbons (Fsp3) is 0.412. The number of amides is 1. The average molecular weight is 318 g/mol. The molecule has 0 bridgehead atoms. The summed E-state index contributed by atoms with van der Waals surface area (Å²) in [6, 6.07) is 5.61. The van der Waals surface area contributed by atoms with E-state index in [0.29, 0.717) is 24.6 Å². The molecule has 0 saturated carbocycles. The number of methoxy groups -OCH3 is 2. The minimum absolute atomic E-state index is 0.0916.